The van der Waals surface area contributed by atoms with Crippen LogP contribution in [0, 0.1) is 0 Å². The summed E-state index contributed by atoms with van der Waals surface area (Å²) in [7, 11) is -1.64. The van der Waals surface area contributed by atoms with Gasteiger partial charge in [0, 0.05) is 19.6 Å². The van der Waals surface area contributed by atoms with Gasteiger partial charge in [0.05, 0.1) is 23.1 Å². The lowest BCUT2D eigenvalue weighted by atomic mass is 9.96. The SMILES string of the molecule is CN=C(NCc1ccc(S(=O)(=O)NC2CC2)cc1)NC1CC2CCC1O2. The molecule has 8 heteroatoms. The Hall–Kier alpha value is -1.64. The van der Waals surface area contributed by atoms with E-state index in [2.05, 4.69) is 20.3 Å². The summed E-state index contributed by atoms with van der Waals surface area (Å²) < 4.78 is 32.9. The molecule has 0 spiro atoms. The van der Waals surface area contributed by atoms with E-state index in [0.29, 0.717) is 29.7 Å². The normalized spacial score (nSPS) is 28.3. The van der Waals surface area contributed by atoms with Gasteiger partial charge in [-0.3, -0.25) is 4.99 Å². The highest BCUT2D eigenvalue weighted by molar-refractivity contribution is 7.89. The molecule has 2 bridgehead atoms. The second kappa shape index (κ2) is 7.17. The lowest BCUT2D eigenvalue weighted by Gasteiger charge is -2.22. The summed E-state index contributed by atoms with van der Waals surface area (Å²) in [5.41, 5.74) is 1.00. The van der Waals surface area contributed by atoms with Crippen molar-refractivity contribution in [2.75, 3.05) is 7.05 Å². The molecule has 3 atom stereocenters. The number of hydrogen-bond donors (Lipinski definition) is 3. The van der Waals surface area contributed by atoms with Gasteiger partial charge in [-0.05, 0) is 49.8 Å². The fraction of sp³-hybridized carbons (Fsp3) is 0.611. The maximum atomic E-state index is 12.2. The summed E-state index contributed by atoms with van der Waals surface area (Å²) in [5, 5.41) is 6.73. The van der Waals surface area contributed by atoms with Gasteiger partial charge in [-0.15, -0.1) is 0 Å². The smallest absolute Gasteiger partial charge is 0.240 e. The minimum atomic E-state index is -3.39. The second-order valence-electron chi connectivity index (χ2n) is 7.33. The Morgan fingerprint density at radius 1 is 1.19 bits per heavy atom. The molecule has 2 saturated heterocycles. The number of nitrogens with one attached hydrogen (secondary N) is 3. The Bertz CT molecular complexity index is 774. The van der Waals surface area contributed by atoms with Gasteiger partial charge in [0.2, 0.25) is 10.0 Å². The summed E-state index contributed by atoms with van der Waals surface area (Å²) in [6.07, 6.45) is 5.87. The topological polar surface area (TPSA) is 91.8 Å². The van der Waals surface area contributed by atoms with Crippen molar-refractivity contribution in [3.8, 4) is 0 Å². The molecule has 1 aliphatic carbocycles. The first-order chi connectivity index (χ1) is 12.5. The van der Waals surface area contributed by atoms with E-state index < -0.39 is 10.0 Å². The summed E-state index contributed by atoms with van der Waals surface area (Å²) >= 11 is 0. The van der Waals surface area contributed by atoms with Crippen molar-refractivity contribution >= 4 is 16.0 Å². The zero-order valence-electron chi connectivity index (χ0n) is 14.9. The maximum absolute atomic E-state index is 12.2. The minimum Gasteiger partial charge on any atom is -0.373 e. The number of nitrogens with zero attached hydrogens (tertiary/aromatic N) is 1. The van der Waals surface area contributed by atoms with Gasteiger partial charge in [-0.2, -0.15) is 0 Å². The fourth-order valence-corrected chi connectivity index (χ4v) is 4.93. The first-order valence-corrected chi connectivity index (χ1v) is 10.8. The van der Waals surface area contributed by atoms with Gasteiger partial charge >= 0.3 is 0 Å². The Morgan fingerprint density at radius 3 is 2.54 bits per heavy atom. The molecule has 26 heavy (non-hydrogen) atoms. The van der Waals surface area contributed by atoms with Crippen molar-refractivity contribution in [3.63, 3.8) is 0 Å². The number of ether oxygens (including phenoxy) is 1. The van der Waals surface area contributed by atoms with Crippen molar-refractivity contribution in [2.45, 2.75) is 67.8 Å². The molecule has 0 aromatic heterocycles. The molecule has 3 fully saturated rings. The molecule has 2 aliphatic heterocycles. The number of benzene rings is 1. The highest BCUT2D eigenvalue weighted by Gasteiger charge is 2.41. The predicted molar refractivity (Wildman–Crippen MR) is 99.4 cm³/mol. The molecule has 1 saturated carbocycles. The Balaban J connectivity index is 1.30. The molecule has 4 rings (SSSR count). The lowest BCUT2D eigenvalue weighted by Crippen LogP contribution is -2.47. The van der Waals surface area contributed by atoms with E-state index in [-0.39, 0.29) is 6.04 Å². The molecular weight excluding hydrogens is 352 g/mol. The average Bonchev–Trinajstić information content (AvgIpc) is 3.18. The van der Waals surface area contributed by atoms with Crippen LogP contribution in [0.2, 0.25) is 0 Å². The van der Waals surface area contributed by atoms with E-state index in [0.717, 1.165) is 37.2 Å². The van der Waals surface area contributed by atoms with Crippen LogP contribution in [-0.2, 0) is 21.3 Å². The number of aliphatic imine (C=N–C) groups is 1. The molecule has 1 aromatic rings. The van der Waals surface area contributed by atoms with Crippen molar-refractivity contribution in [2.24, 2.45) is 4.99 Å². The largest absolute Gasteiger partial charge is 0.373 e. The third-order valence-electron chi connectivity index (χ3n) is 5.24. The van der Waals surface area contributed by atoms with Gasteiger partial charge in [-0.1, -0.05) is 12.1 Å². The van der Waals surface area contributed by atoms with E-state index >= 15 is 0 Å². The zero-order chi connectivity index (χ0) is 18.1. The third-order valence-corrected chi connectivity index (χ3v) is 6.78. The zero-order valence-corrected chi connectivity index (χ0v) is 15.8. The molecule has 142 valence electrons. The average molecular weight is 378 g/mol. The number of rotatable bonds is 6. The van der Waals surface area contributed by atoms with Crippen LogP contribution in [0.5, 0.6) is 0 Å². The quantitative estimate of drug-likeness (QED) is 0.510. The van der Waals surface area contributed by atoms with Gasteiger partial charge < -0.3 is 15.4 Å². The number of guanidine groups is 1. The molecule has 3 aliphatic rings. The first kappa shape index (κ1) is 17.8. The van der Waals surface area contributed by atoms with Crippen LogP contribution in [0.1, 0.15) is 37.7 Å². The van der Waals surface area contributed by atoms with Crippen molar-refractivity contribution in [1.29, 1.82) is 0 Å². The highest BCUT2D eigenvalue weighted by Crippen LogP contribution is 2.34. The molecule has 7 nitrogen and oxygen atoms in total. The summed E-state index contributed by atoms with van der Waals surface area (Å²) in [5.74, 6) is 0.748. The van der Waals surface area contributed by atoms with Crippen LogP contribution in [0.15, 0.2) is 34.2 Å². The monoisotopic (exact) mass is 378 g/mol. The second-order valence-corrected chi connectivity index (χ2v) is 9.04. The van der Waals surface area contributed by atoms with Crippen LogP contribution in [0.4, 0.5) is 0 Å². The fourth-order valence-electron chi connectivity index (χ4n) is 3.62. The van der Waals surface area contributed by atoms with Crippen LogP contribution >= 0.6 is 0 Å². The molecule has 3 unspecified atom stereocenters. The first-order valence-electron chi connectivity index (χ1n) is 9.27. The van der Waals surface area contributed by atoms with E-state index in [1.165, 1.54) is 6.42 Å². The van der Waals surface area contributed by atoms with Gasteiger partial charge in [0.15, 0.2) is 5.96 Å². The molecule has 0 radical (unpaired) electrons. The number of sulfonamides is 1. The standard InChI is InChI=1S/C18H26N4O3S/c1-19-18(21-16-10-14-6-9-17(16)25-14)20-11-12-2-7-15(8-3-12)26(23,24)22-13-4-5-13/h2-3,7-8,13-14,16-17,22H,4-6,9-11H2,1H3,(H2,19,20,21). The van der Waals surface area contributed by atoms with Gasteiger partial charge in [0.25, 0.3) is 0 Å². The van der Waals surface area contributed by atoms with Gasteiger partial charge in [0.1, 0.15) is 0 Å². The molecule has 3 N–H and O–H groups in total. The molecule has 0 amide bonds. The van der Waals surface area contributed by atoms with Gasteiger partial charge in [-0.25, -0.2) is 13.1 Å². The van der Waals surface area contributed by atoms with Crippen molar-refractivity contribution in [1.82, 2.24) is 15.4 Å². The summed E-state index contributed by atoms with van der Waals surface area (Å²) in [6, 6.07) is 7.42. The van der Waals surface area contributed by atoms with E-state index in [4.69, 9.17) is 4.74 Å². The molecular formula is C18H26N4O3S. The molecule has 2 heterocycles. The number of fused-ring (bicyclic) bond motifs is 2. The summed E-state index contributed by atoms with van der Waals surface area (Å²) in [6.45, 7) is 0.581. The Kier molecular flexibility index (Phi) is 4.90. The maximum Gasteiger partial charge on any atom is 0.240 e. The summed E-state index contributed by atoms with van der Waals surface area (Å²) in [4.78, 5) is 4.59. The predicted octanol–water partition coefficient (Wildman–Crippen LogP) is 1.11. The van der Waals surface area contributed by atoms with E-state index in [1.54, 1.807) is 19.2 Å². The van der Waals surface area contributed by atoms with Crippen molar-refractivity contribution < 1.29 is 13.2 Å². The highest BCUT2D eigenvalue weighted by atomic mass is 32.2. The van der Waals surface area contributed by atoms with Crippen LogP contribution in [-0.4, -0.2) is 45.7 Å². The molecule has 1 aromatic carbocycles. The third kappa shape index (κ3) is 4.02. The van der Waals surface area contributed by atoms with Crippen molar-refractivity contribution in [3.05, 3.63) is 29.8 Å². The van der Waals surface area contributed by atoms with Crippen LogP contribution < -0.4 is 15.4 Å². The number of hydrogen-bond acceptors (Lipinski definition) is 4. The van der Waals surface area contributed by atoms with Crippen LogP contribution in [0.25, 0.3) is 0 Å². The van der Waals surface area contributed by atoms with E-state index in [9.17, 15) is 8.42 Å². The Morgan fingerprint density at radius 2 is 1.96 bits per heavy atom. The van der Waals surface area contributed by atoms with E-state index in [1.807, 2.05) is 12.1 Å². The van der Waals surface area contributed by atoms with Crippen LogP contribution in [0.3, 0.4) is 0 Å². The lowest BCUT2D eigenvalue weighted by molar-refractivity contribution is 0.0992. The Labute approximate surface area is 154 Å². The minimum absolute atomic E-state index is 0.116.